The van der Waals surface area contributed by atoms with Crippen molar-refractivity contribution in [3.05, 3.63) is 65.2 Å². The molecule has 0 spiro atoms. The van der Waals surface area contributed by atoms with Crippen LogP contribution < -0.4 is 5.32 Å². The van der Waals surface area contributed by atoms with Crippen molar-refractivity contribution in [1.82, 2.24) is 14.8 Å². The van der Waals surface area contributed by atoms with Crippen molar-refractivity contribution in [2.24, 2.45) is 0 Å². The number of carbonyl (C=O) groups excluding carboxylic acids is 2. The van der Waals surface area contributed by atoms with Gasteiger partial charge in [0.25, 0.3) is 5.91 Å². The maximum absolute atomic E-state index is 13.3. The number of aliphatic hydroxyl groups is 1. The first kappa shape index (κ1) is 24.4. The molecule has 7 nitrogen and oxygen atoms in total. The van der Waals surface area contributed by atoms with E-state index >= 15 is 0 Å². The minimum absolute atomic E-state index is 0.260. The average molecular weight is 455 g/mol. The molecule has 0 saturated heterocycles. The predicted molar refractivity (Wildman–Crippen MR) is 126 cm³/mol. The van der Waals surface area contributed by atoms with Crippen LogP contribution in [-0.4, -0.2) is 50.5 Å². The van der Waals surface area contributed by atoms with E-state index in [1.807, 2.05) is 44.2 Å². The quantitative estimate of drug-likeness (QED) is 0.729. The lowest BCUT2D eigenvalue weighted by Gasteiger charge is -2.31. The molecule has 3 amide bonds. The molecule has 33 heavy (non-hydrogen) atoms. The Morgan fingerprint density at radius 3 is 2.42 bits per heavy atom. The molecule has 0 bridgehead atoms. The molecule has 1 aromatic carbocycles. The van der Waals surface area contributed by atoms with Gasteiger partial charge in [0.15, 0.2) is 0 Å². The van der Waals surface area contributed by atoms with Gasteiger partial charge in [-0.3, -0.25) is 9.78 Å². The number of carbonyl (C=O) groups is 2. The van der Waals surface area contributed by atoms with Gasteiger partial charge in [0.2, 0.25) is 0 Å². The highest BCUT2D eigenvalue weighted by atomic mass is 19.1. The Morgan fingerprint density at radius 2 is 1.82 bits per heavy atom. The van der Waals surface area contributed by atoms with E-state index in [9.17, 15) is 19.1 Å². The fourth-order valence-corrected chi connectivity index (χ4v) is 3.85. The summed E-state index contributed by atoms with van der Waals surface area (Å²) >= 11 is 0. The van der Waals surface area contributed by atoms with Gasteiger partial charge in [-0.1, -0.05) is 32.1 Å². The molecule has 1 aromatic heterocycles. The van der Waals surface area contributed by atoms with Crippen LogP contribution in [0.3, 0.4) is 0 Å². The minimum Gasteiger partial charge on any atom is -0.381 e. The zero-order valence-corrected chi connectivity index (χ0v) is 19.6. The first-order chi connectivity index (χ1) is 15.7. The number of hydrogen-bond acceptors (Lipinski definition) is 4. The van der Waals surface area contributed by atoms with E-state index in [2.05, 4.69) is 10.3 Å². The van der Waals surface area contributed by atoms with Gasteiger partial charge in [-0.05, 0) is 55.2 Å². The second-order valence-electron chi connectivity index (χ2n) is 8.41. The molecule has 176 valence electrons. The van der Waals surface area contributed by atoms with Crippen LogP contribution in [0.2, 0.25) is 0 Å². The number of benzene rings is 1. The molecule has 3 heterocycles. The van der Waals surface area contributed by atoms with Crippen molar-refractivity contribution < 1.29 is 19.1 Å². The molecule has 0 aliphatic carbocycles. The van der Waals surface area contributed by atoms with E-state index in [0.29, 0.717) is 44.0 Å². The Hall–Kier alpha value is -3.26. The van der Waals surface area contributed by atoms with Crippen LogP contribution >= 0.6 is 0 Å². The van der Waals surface area contributed by atoms with E-state index in [-0.39, 0.29) is 11.9 Å². The fourth-order valence-electron chi connectivity index (χ4n) is 3.85. The number of rotatable bonds is 3. The van der Waals surface area contributed by atoms with E-state index in [1.54, 1.807) is 9.80 Å². The largest absolute Gasteiger partial charge is 0.381 e. The Balaban J connectivity index is 0.00000149. The molecule has 0 unspecified atom stereocenters. The zero-order valence-electron chi connectivity index (χ0n) is 19.6. The monoisotopic (exact) mass is 454 g/mol. The number of urea groups is 1. The number of fused-ring (bicyclic) bond motifs is 1. The molecule has 4 rings (SSSR count). The Labute approximate surface area is 193 Å². The number of nitrogens with one attached hydrogen (secondary N) is 1. The van der Waals surface area contributed by atoms with Crippen LogP contribution in [0.4, 0.5) is 14.9 Å². The molecule has 2 aliphatic heterocycles. The summed E-state index contributed by atoms with van der Waals surface area (Å²) in [6, 6.07) is 8.70. The SMILES string of the molecule is CC.CC(C)(O)C(=O)N1CC=C(c2ccc(NC(=O)N3Cc4cc(F)cnc4C3)cc2)CC1. The number of nitrogens with zero attached hydrogens (tertiary/aromatic N) is 3. The lowest BCUT2D eigenvalue weighted by atomic mass is 9.98. The number of pyridine rings is 1. The molecule has 0 saturated carbocycles. The Kier molecular flexibility index (Phi) is 7.48. The second-order valence-corrected chi connectivity index (χ2v) is 8.41. The normalized spacial score (nSPS) is 15.3. The third kappa shape index (κ3) is 5.76. The van der Waals surface area contributed by atoms with Gasteiger partial charge < -0.3 is 20.2 Å². The summed E-state index contributed by atoms with van der Waals surface area (Å²) in [7, 11) is 0. The number of hydrogen-bond donors (Lipinski definition) is 2. The zero-order chi connectivity index (χ0) is 24.2. The Bertz CT molecular complexity index is 1040. The van der Waals surface area contributed by atoms with Crippen molar-refractivity contribution in [2.75, 3.05) is 18.4 Å². The van der Waals surface area contributed by atoms with Crippen molar-refractivity contribution in [2.45, 2.75) is 52.8 Å². The summed E-state index contributed by atoms with van der Waals surface area (Å²) in [5.41, 5.74) is 2.90. The van der Waals surface area contributed by atoms with Gasteiger partial charge in [-0.25, -0.2) is 9.18 Å². The highest BCUT2D eigenvalue weighted by Gasteiger charge is 2.30. The van der Waals surface area contributed by atoms with Crippen LogP contribution in [-0.2, 0) is 17.9 Å². The standard InChI is InChI=1S/C23H25FN4O3.C2H6/c1-23(2,31)21(29)27-9-7-16(8-10-27)15-3-5-19(6-4-15)26-22(30)28-13-17-11-18(24)12-25-20(17)14-28;1-2/h3-7,11-12,31H,8-10,13-14H2,1-2H3,(H,26,30);1-2H3. The molecule has 2 aromatic rings. The lowest BCUT2D eigenvalue weighted by Crippen LogP contribution is -2.46. The summed E-state index contributed by atoms with van der Waals surface area (Å²) in [6.45, 7) is 8.69. The molecular weight excluding hydrogens is 423 g/mol. The number of amides is 3. The van der Waals surface area contributed by atoms with Crippen molar-refractivity contribution in [3.8, 4) is 0 Å². The predicted octanol–water partition coefficient (Wildman–Crippen LogP) is 4.18. The first-order valence-corrected chi connectivity index (χ1v) is 11.2. The third-order valence-electron chi connectivity index (χ3n) is 5.54. The van der Waals surface area contributed by atoms with Crippen molar-refractivity contribution >= 4 is 23.2 Å². The van der Waals surface area contributed by atoms with Crippen LogP contribution in [0.5, 0.6) is 0 Å². The average Bonchev–Trinajstić information content (AvgIpc) is 3.23. The molecule has 0 fully saturated rings. The molecule has 2 aliphatic rings. The maximum atomic E-state index is 13.3. The van der Waals surface area contributed by atoms with Crippen LogP contribution in [0, 0.1) is 5.82 Å². The first-order valence-electron chi connectivity index (χ1n) is 11.2. The van der Waals surface area contributed by atoms with Gasteiger partial charge in [0, 0.05) is 25.3 Å². The highest BCUT2D eigenvalue weighted by molar-refractivity contribution is 5.90. The number of anilines is 1. The van der Waals surface area contributed by atoms with Crippen molar-refractivity contribution in [3.63, 3.8) is 0 Å². The molecule has 0 atom stereocenters. The summed E-state index contributed by atoms with van der Waals surface area (Å²) < 4.78 is 13.3. The van der Waals surface area contributed by atoms with Crippen molar-refractivity contribution in [1.29, 1.82) is 0 Å². The summed E-state index contributed by atoms with van der Waals surface area (Å²) in [5.74, 6) is -0.677. The summed E-state index contributed by atoms with van der Waals surface area (Å²) in [6.07, 6.45) is 3.86. The number of aromatic nitrogens is 1. The molecule has 8 heteroatoms. The van der Waals surface area contributed by atoms with E-state index in [4.69, 9.17) is 0 Å². The van der Waals surface area contributed by atoms with Gasteiger partial charge in [0.05, 0.1) is 18.4 Å². The van der Waals surface area contributed by atoms with E-state index in [0.717, 1.165) is 16.7 Å². The van der Waals surface area contributed by atoms with Gasteiger partial charge in [0.1, 0.15) is 11.4 Å². The third-order valence-corrected chi connectivity index (χ3v) is 5.54. The maximum Gasteiger partial charge on any atom is 0.322 e. The lowest BCUT2D eigenvalue weighted by molar-refractivity contribution is -0.147. The van der Waals surface area contributed by atoms with E-state index in [1.165, 1.54) is 26.1 Å². The smallest absolute Gasteiger partial charge is 0.322 e. The second kappa shape index (κ2) is 10.1. The van der Waals surface area contributed by atoms with Crippen LogP contribution in [0.25, 0.3) is 5.57 Å². The molecule has 0 radical (unpaired) electrons. The number of halogens is 1. The topological polar surface area (TPSA) is 85.8 Å². The highest BCUT2D eigenvalue weighted by Crippen LogP contribution is 2.26. The summed E-state index contributed by atoms with van der Waals surface area (Å²) in [5, 5.41) is 12.8. The molecular formula is C25H31FN4O3. The van der Waals surface area contributed by atoms with Crippen LogP contribution in [0.15, 0.2) is 42.6 Å². The van der Waals surface area contributed by atoms with Gasteiger partial charge in [-0.2, -0.15) is 0 Å². The molecule has 2 N–H and O–H groups in total. The van der Waals surface area contributed by atoms with Gasteiger partial charge in [-0.15, -0.1) is 0 Å². The van der Waals surface area contributed by atoms with Crippen LogP contribution in [0.1, 0.15) is 50.9 Å². The Morgan fingerprint density at radius 1 is 1.12 bits per heavy atom. The van der Waals surface area contributed by atoms with Gasteiger partial charge >= 0.3 is 6.03 Å². The minimum atomic E-state index is -1.37. The summed E-state index contributed by atoms with van der Waals surface area (Å²) in [4.78, 5) is 32.0. The fraction of sp³-hybridized carbons (Fsp3) is 0.400. The van der Waals surface area contributed by atoms with E-state index < -0.39 is 11.4 Å².